The van der Waals surface area contributed by atoms with Crippen molar-refractivity contribution in [3.63, 3.8) is 0 Å². The smallest absolute Gasteiger partial charge is 0.0703 e. The van der Waals surface area contributed by atoms with Gasteiger partial charge in [0.05, 0.1) is 12.2 Å². The van der Waals surface area contributed by atoms with Gasteiger partial charge in [-0.3, -0.25) is 0 Å². The molecule has 4 aliphatic rings. The highest BCUT2D eigenvalue weighted by atomic mass is 32.2. The lowest BCUT2D eigenvalue weighted by Gasteiger charge is -2.38. The van der Waals surface area contributed by atoms with Crippen LogP contribution in [0, 0.1) is 11.8 Å². The molecule has 0 saturated carbocycles. The zero-order chi connectivity index (χ0) is 18.6. The van der Waals surface area contributed by atoms with Gasteiger partial charge in [-0.1, -0.05) is 61.8 Å². The highest BCUT2D eigenvalue weighted by molar-refractivity contribution is 8.00. The minimum absolute atomic E-state index is 0.285. The summed E-state index contributed by atoms with van der Waals surface area (Å²) in [5.74, 6) is 0.645. The number of hydrogen-bond acceptors (Lipinski definition) is 3. The fraction of sp³-hybridized carbons (Fsp3) is 0.500. The topological polar surface area (TPSA) is 18.5 Å². The second-order valence-electron chi connectivity index (χ2n) is 7.86. The van der Waals surface area contributed by atoms with Gasteiger partial charge in [0.1, 0.15) is 0 Å². The van der Waals surface area contributed by atoms with E-state index >= 15 is 0 Å². The predicted octanol–water partition coefficient (Wildman–Crippen LogP) is 5.41. The summed E-state index contributed by atoms with van der Waals surface area (Å²) in [5.41, 5.74) is 2.38. The molecule has 3 heteroatoms. The summed E-state index contributed by atoms with van der Waals surface area (Å²) in [5, 5.41) is 0.727. The quantitative estimate of drug-likeness (QED) is 0.612. The molecule has 27 heavy (non-hydrogen) atoms. The highest BCUT2D eigenvalue weighted by Crippen LogP contribution is 2.44. The molecule has 0 aromatic rings. The van der Waals surface area contributed by atoms with Crippen molar-refractivity contribution in [3.8, 4) is 0 Å². The zero-order valence-corrected chi connectivity index (χ0v) is 16.8. The highest BCUT2D eigenvalue weighted by Gasteiger charge is 2.40. The molecule has 0 spiro atoms. The Morgan fingerprint density at radius 2 is 1.26 bits per heavy atom. The molecule has 2 heterocycles. The maximum Gasteiger partial charge on any atom is 0.0703 e. The Kier molecular flexibility index (Phi) is 6.21. The predicted molar refractivity (Wildman–Crippen MR) is 115 cm³/mol. The molecule has 144 valence electrons. The first-order valence-electron chi connectivity index (χ1n) is 10.2. The standard InChI is InChI=1S/C24H30O2S/c1-17-9-3-5-11-19(17)23(21-13-7-15-25-21)27-24(22-14-8-16-26-22)20-12-6-4-10-18(20)2/h3-6,9-12,19-24H,1-2,7-8,13-16H2. The third kappa shape index (κ3) is 4.26. The molecule has 2 fully saturated rings. The lowest BCUT2D eigenvalue weighted by atomic mass is 9.88. The molecule has 0 radical (unpaired) electrons. The number of ether oxygens (including phenoxy) is 2. The maximum atomic E-state index is 6.18. The Morgan fingerprint density at radius 3 is 1.63 bits per heavy atom. The van der Waals surface area contributed by atoms with Crippen molar-refractivity contribution in [1.82, 2.24) is 0 Å². The Labute approximate surface area is 167 Å². The van der Waals surface area contributed by atoms with Gasteiger partial charge >= 0.3 is 0 Å². The molecule has 0 amide bonds. The molecule has 4 rings (SSSR count). The first-order chi connectivity index (χ1) is 13.2. The van der Waals surface area contributed by atoms with Crippen LogP contribution in [0.25, 0.3) is 0 Å². The molecule has 2 nitrogen and oxygen atoms in total. The van der Waals surface area contributed by atoms with Gasteiger partial charge in [-0.2, -0.15) is 0 Å². The lowest BCUT2D eigenvalue weighted by Crippen LogP contribution is -2.38. The van der Waals surface area contributed by atoms with E-state index < -0.39 is 0 Å². The summed E-state index contributed by atoms with van der Waals surface area (Å²) in [6.07, 6.45) is 22.6. The van der Waals surface area contributed by atoms with Crippen molar-refractivity contribution in [2.45, 2.75) is 48.4 Å². The van der Waals surface area contributed by atoms with Gasteiger partial charge in [-0.25, -0.2) is 0 Å². The van der Waals surface area contributed by atoms with Crippen LogP contribution in [0.5, 0.6) is 0 Å². The minimum Gasteiger partial charge on any atom is -0.377 e. The van der Waals surface area contributed by atoms with Gasteiger partial charge in [-0.15, -0.1) is 11.8 Å². The van der Waals surface area contributed by atoms with E-state index in [1.807, 2.05) is 0 Å². The van der Waals surface area contributed by atoms with Crippen LogP contribution >= 0.6 is 11.8 Å². The minimum atomic E-state index is 0.285. The van der Waals surface area contributed by atoms with E-state index in [1.165, 1.54) is 11.1 Å². The summed E-state index contributed by atoms with van der Waals surface area (Å²) < 4.78 is 12.4. The van der Waals surface area contributed by atoms with E-state index in [-0.39, 0.29) is 12.2 Å². The van der Waals surface area contributed by atoms with Crippen LogP contribution in [0.1, 0.15) is 25.7 Å². The van der Waals surface area contributed by atoms with Gasteiger partial charge in [-0.05, 0) is 36.8 Å². The van der Waals surface area contributed by atoms with Gasteiger partial charge < -0.3 is 9.47 Å². The van der Waals surface area contributed by atoms with E-state index in [9.17, 15) is 0 Å². The van der Waals surface area contributed by atoms with Crippen molar-refractivity contribution in [1.29, 1.82) is 0 Å². The molecule has 0 bridgehead atoms. The normalized spacial score (nSPS) is 35.1. The first kappa shape index (κ1) is 19.0. The van der Waals surface area contributed by atoms with Crippen LogP contribution in [0.15, 0.2) is 72.9 Å². The first-order valence-corrected chi connectivity index (χ1v) is 11.1. The van der Waals surface area contributed by atoms with Crippen molar-refractivity contribution >= 4 is 11.8 Å². The molecule has 6 atom stereocenters. The summed E-state index contributed by atoms with van der Waals surface area (Å²) in [6.45, 7) is 10.4. The molecule has 2 aliphatic heterocycles. The van der Waals surface area contributed by atoms with Crippen molar-refractivity contribution in [2.75, 3.05) is 13.2 Å². The van der Waals surface area contributed by atoms with Gasteiger partial charge in [0.15, 0.2) is 0 Å². The summed E-state index contributed by atoms with van der Waals surface area (Å²) in [4.78, 5) is 0. The average molecular weight is 383 g/mol. The largest absolute Gasteiger partial charge is 0.377 e. The third-order valence-electron chi connectivity index (χ3n) is 6.02. The van der Waals surface area contributed by atoms with Gasteiger partial charge in [0, 0.05) is 35.5 Å². The fourth-order valence-electron chi connectivity index (χ4n) is 4.55. The van der Waals surface area contributed by atoms with Crippen LogP contribution in [0.4, 0.5) is 0 Å². The van der Waals surface area contributed by atoms with E-state index in [0.29, 0.717) is 22.3 Å². The molecule has 6 unspecified atom stereocenters. The van der Waals surface area contributed by atoms with Crippen LogP contribution in [-0.4, -0.2) is 35.9 Å². The SMILES string of the molecule is C=C1C=CC=CC1C(SC(C1CCCO1)C1C=CC=CC1=C)C1CCCO1. The van der Waals surface area contributed by atoms with Crippen molar-refractivity contribution < 1.29 is 9.47 Å². The Morgan fingerprint density at radius 1 is 0.778 bits per heavy atom. The molecule has 2 aliphatic carbocycles. The zero-order valence-electron chi connectivity index (χ0n) is 16.0. The van der Waals surface area contributed by atoms with Crippen molar-refractivity contribution in [3.05, 3.63) is 72.9 Å². The summed E-state index contributed by atoms with van der Waals surface area (Å²) >= 11 is 2.06. The van der Waals surface area contributed by atoms with E-state index in [4.69, 9.17) is 9.47 Å². The molecular weight excluding hydrogens is 352 g/mol. The Balaban J connectivity index is 1.60. The monoisotopic (exact) mass is 382 g/mol. The molecule has 0 aromatic carbocycles. The summed E-state index contributed by atoms with van der Waals surface area (Å²) in [6, 6.07) is 0. The van der Waals surface area contributed by atoms with Crippen LogP contribution in [0.3, 0.4) is 0 Å². The number of allylic oxidation sites excluding steroid dienone is 10. The third-order valence-corrected chi connectivity index (χ3v) is 7.84. The number of thioether (sulfide) groups is 1. The maximum absolute atomic E-state index is 6.18. The average Bonchev–Trinajstić information content (AvgIpc) is 3.38. The van der Waals surface area contributed by atoms with E-state index in [0.717, 1.165) is 38.9 Å². The molecule has 0 aromatic heterocycles. The van der Waals surface area contributed by atoms with Crippen LogP contribution < -0.4 is 0 Å². The molecule has 2 saturated heterocycles. The lowest BCUT2D eigenvalue weighted by molar-refractivity contribution is 0.0961. The second kappa shape index (κ2) is 8.81. The van der Waals surface area contributed by atoms with Crippen LogP contribution in [-0.2, 0) is 9.47 Å². The Bertz CT molecular complexity index is 616. The van der Waals surface area contributed by atoms with Crippen LogP contribution in [0.2, 0.25) is 0 Å². The molecular formula is C24H30O2S. The second-order valence-corrected chi connectivity index (χ2v) is 9.22. The fourth-order valence-corrected chi connectivity index (χ4v) is 6.56. The van der Waals surface area contributed by atoms with Gasteiger partial charge in [0.25, 0.3) is 0 Å². The molecule has 0 N–H and O–H groups in total. The Hall–Kier alpha value is -1.29. The summed E-state index contributed by atoms with van der Waals surface area (Å²) in [7, 11) is 0. The number of rotatable bonds is 6. The van der Waals surface area contributed by atoms with E-state index in [2.05, 4.69) is 73.5 Å². The van der Waals surface area contributed by atoms with Gasteiger partial charge in [0.2, 0.25) is 0 Å². The van der Waals surface area contributed by atoms with E-state index in [1.54, 1.807) is 0 Å². The number of hydrogen-bond donors (Lipinski definition) is 0. The van der Waals surface area contributed by atoms with Crippen molar-refractivity contribution in [2.24, 2.45) is 11.8 Å².